The first kappa shape index (κ1) is 18.2. The van der Waals surface area contributed by atoms with Gasteiger partial charge < -0.3 is 19.7 Å². The molecule has 0 atom stereocenters. The van der Waals surface area contributed by atoms with Crippen molar-refractivity contribution in [1.29, 1.82) is 0 Å². The van der Waals surface area contributed by atoms with Crippen LogP contribution in [0, 0.1) is 0 Å². The van der Waals surface area contributed by atoms with Gasteiger partial charge in [0.15, 0.2) is 5.96 Å². The lowest BCUT2D eigenvalue weighted by atomic mass is 10.3. The molecule has 6 heteroatoms. The number of aromatic nitrogens is 1. The van der Waals surface area contributed by atoms with E-state index in [4.69, 9.17) is 9.47 Å². The number of unbranched alkanes of at least 4 members (excludes halogenated alkanes) is 1. The van der Waals surface area contributed by atoms with Gasteiger partial charge in [-0.2, -0.15) is 0 Å². The van der Waals surface area contributed by atoms with E-state index in [9.17, 15) is 0 Å². The highest BCUT2D eigenvalue weighted by Crippen LogP contribution is 2.07. The summed E-state index contributed by atoms with van der Waals surface area (Å²) in [6, 6.07) is 3.87. The number of aliphatic imine (C=N–C) groups is 1. The van der Waals surface area contributed by atoms with Crippen LogP contribution in [0.1, 0.15) is 25.3 Å². The van der Waals surface area contributed by atoms with E-state index in [1.807, 2.05) is 18.3 Å². The highest BCUT2D eigenvalue weighted by atomic mass is 16.5. The number of nitrogens with one attached hydrogen (secondary N) is 1. The maximum absolute atomic E-state index is 5.44. The fraction of sp³-hybridized carbons (Fsp3) is 0.625. The number of rotatable bonds is 9. The van der Waals surface area contributed by atoms with Crippen molar-refractivity contribution in [2.45, 2.75) is 26.3 Å². The molecule has 0 bridgehead atoms. The van der Waals surface area contributed by atoms with Gasteiger partial charge in [-0.15, -0.1) is 0 Å². The molecule has 0 saturated heterocycles. The second kappa shape index (κ2) is 10.8. The summed E-state index contributed by atoms with van der Waals surface area (Å²) in [5.41, 5.74) is 1.09. The Bertz CT molecular complexity index is 434. The van der Waals surface area contributed by atoms with E-state index in [-0.39, 0.29) is 0 Å². The van der Waals surface area contributed by atoms with Crippen LogP contribution in [0.2, 0.25) is 0 Å². The number of hydrogen-bond acceptors (Lipinski definition) is 4. The summed E-state index contributed by atoms with van der Waals surface area (Å²) in [5.74, 6) is 1.51. The van der Waals surface area contributed by atoms with Gasteiger partial charge in [-0.05, 0) is 12.0 Å². The molecule has 0 unspecified atom stereocenters. The minimum absolute atomic E-state index is 0.510. The molecule has 1 N–H and O–H groups in total. The molecule has 6 nitrogen and oxygen atoms in total. The Morgan fingerprint density at radius 2 is 2.18 bits per heavy atom. The van der Waals surface area contributed by atoms with Gasteiger partial charge in [0.2, 0.25) is 5.88 Å². The van der Waals surface area contributed by atoms with Gasteiger partial charge in [-0.3, -0.25) is 4.99 Å². The van der Waals surface area contributed by atoms with Crippen molar-refractivity contribution >= 4 is 5.96 Å². The molecule has 1 aromatic heterocycles. The molecule has 0 spiro atoms. The normalized spacial score (nSPS) is 11.4. The third kappa shape index (κ3) is 6.76. The largest absolute Gasteiger partial charge is 0.475 e. The number of pyridine rings is 1. The summed E-state index contributed by atoms with van der Waals surface area (Å²) in [5, 5.41) is 3.34. The van der Waals surface area contributed by atoms with E-state index < -0.39 is 0 Å². The Balaban J connectivity index is 2.42. The van der Waals surface area contributed by atoms with E-state index in [1.54, 1.807) is 14.2 Å². The first-order chi connectivity index (χ1) is 10.7. The monoisotopic (exact) mass is 308 g/mol. The predicted molar refractivity (Wildman–Crippen MR) is 89.3 cm³/mol. The second-order valence-electron chi connectivity index (χ2n) is 5.02. The molecule has 1 aromatic rings. The molecular formula is C16H28N4O2. The molecular weight excluding hydrogens is 280 g/mol. The van der Waals surface area contributed by atoms with Crippen molar-refractivity contribution in [3.63, 3.8) is 0 Å². The lowest BCUT2D eigenvalue weighted by Crippen LogP contribution is -2.38. The Morgan fingerprint density at radius 3 is 2.77 bits per heavy atom. The summed E-state index contributed by atoms with van der Waals surface area (Å²) in [6.07, 6.45) is 4.15. The standard InChI is InChI=1S/C16H28N4O2/c1-5-6-9-20(3)16(17-2)19-13-14-7-8-15(18-12-14)22-11-10-21-4/h7-8,12H,5-6,9-11,13H2,1-4H3,(H,17,19). The predicted octanol–water partition coefficient (Wildman–Crippen LogP) is 1.91. The van der Waals surface area contributed by atoms with Crippen molar-refractivity contribution in [3.8, 4) is 5.88 Å². The van der Waals surface area contributed by atoms with Gasteiger partial charge in [-0.1, -0.05) is 19.4 Å². The summed E-state index contributed by atoms with van der Waals surface area (Å²) >= 11 is 0. The molecule has 0 aliphatic heterocycles. The molecule has 124 valence electrons. The molecule has 0 aromatic carbocycles. The molecule has 1 rings (SSSR count). The first-order valence-corrected chi connectivity index (χ1v) is 7.69. The van der Waals surface area contributed by atoms with Crippen LogP contribution in [-0.4, -0.2) is 56.8 Å². The molecule has 1 heterocycles. The van der Waals surface area contributed by atoms with Crippen LogP contribution < -0.4 is 10.1 Å². The molecule has 0 aliphatic carbocycles. The van der Waals surface area contributed by atoms with Crippen LogP contribution in [0.15, 0.2) is 23.3 Å². The van der Waals surface area contributed by atoms with Gasteiger partial charge in [0.05, 0.1) is 6.61 Å². The van der Waals surface area contributed by atoms with Crippen molar-refractivity contribution in [2.24, 2.45) is 4.99 Å². The highest BCUT2D eigenvalue weighted by Gasteiger charge is 2.05. The third-order valence-corrected chi connectivity index (χ3v) is 3.21. The van der Waals surface area contributed by atoms with E-state index in [2.05, 4.69) is 34.2 Å². The zero-order valence-corrected chi connectivity index (χ0v) is 14.1. The topological polar surface area (TPSA) is 59.0 Å². The third-order valence-electron chi connectivity index (χ3n) is 3.21. The first-order valence-electron chi connectivity index (χ1n) is 7.69. The zero-order chi connectivity index (χ0) is 16.2. The van der Waals surface area contributed by atoms with Gasteiger partial charge in [-0.25, -0.2) is 4.98 Å². The lowest BCUT2D eigenvalue weighted by Gasteiger charge is -2.21. The Hall–Kier alpha value is -1.82. The average molecular weight is 308 g/mol. The number of nitrogens with zero attached hydrogens (tertiary/aromatic N) is 3. The van der Waals surface area contributed by atoms with Crippen LogP contribution in [0.25, 0.3) is 0 Å². The highest BCUT2D eigenvalue weighted by molar-refractivity contribution is 5.79. The van der Waals surface area contributed by atoms with Crippen LogP contribution in [0.3, 0.4) is 0 Å². The fourth-order valence-corrected chi connectivity index (χ4v) is 1.90. The molecule has 0 radical (unpaired) electrons. The van der Waals surface area contributed by atoms with Crippen LogP contribution in [0.5, 0.6) is 5.88 Å². The van der Waals surface area contributed by atoms with Crippen molar-refractivity contribution in [3.05, 3.63) is 23.9 Å². The maximum atomic E-state index is 5.44. The van der Waals surface area contributed by atoms with Crippen LogP contribution in [-0.2, 0) is 11.3 Å². The summed E-state index contributed by atoms with van der Waals surface area (Å²) in [7, 11) is 5.50. The van der Waals surface area contributed by atoms with Gasteiger partial charge in [0.25, 0.3) is 0 Å². The Kier molecular flexibility index (Phi) is 8.98. The van der Waals surface area contributed by atoms with Crippen molar-refractivity contribution < 1.29 is 9.47 Å². The Labute approximate surface area is 133 Å². The lowest BCUT2D eigenvalue weighted by molar-refractivity contribution is 0.143. The SMILES string of the molecule is CCCCN(C)C(=NC)NCc1ccc(OCCOC)nc1. The number of methoxy groups -OCH3 is 1. The summed E-state index contributed by atoms with van der Waals surface area (Å²) < 4.78 is 10.4. The molecule has 0 aliphatic rings. The molecule has 0 fully saturated rings. The quantitative estimate of drug-likeness (QED) is 0.429. The van der Waals surface area contributed by atoms with Crippen LogP contribution in [0.4, 0.5) is 0 Å². The van der Waals surface area contributed by atoms with Crippen molar-refractivity contribution in [2.75, 3.05) is 41.0 Å². The minimum Gasteiger partial charge on any atom is -0.475 e. The van der Waals surface area contributed by atoms with Crippen LogP contribution >= 0.6 is 0 Å². The van der Waals surface area contributed by atoms with E-state index in [0.29, 0.717) is 25.6 Å². The van der Waals surface area contributed by atoms with E-state index in [1.165, 1.54) is 6.42 Å². The summed E-state index contributed by atoms with van der Waals surface area (Å²) in [4.78, 5) is 10.7. The Morgan fingerprint density at radius 1 is 1.36 bits per heavy atom. The minimum atomic E-state index is 0.510. The molecule has 0 saturated carbocycles. The fourth-order valence-electron chi connectivity index (χ4n) is 1.90. The maximum Gasteiger partial charge on any atom is 0.213 e. The average Bonchev–Trinajstić information content (AvgIpc) is 2.55. The van der Waals surface area contributed by atoms with Crippen molar-refractivity contribution in [1.82, 2.24) is 15.2 Å². The van der Waals surface area contributed by atoms with E-state index >= 15 is 0 Å². The van der Waals surface area contributed by atoms with Gasteiger partial charge >= 0.3 is 0 Å². The molecule has 22 heavy (non-hydrogen) atoms. The van der Waals surface area contributed by atoms with Gasteiger partial charge in [0.1, 0.15) is 6.61 Å². The number of hydrogen-bond donors (Lipinski definition) is 1. The second-order valence-corrected chi connectivity index (χ2v) is 5.02. The van der Waals surface area contributed by atoms with Gasteiger partial charge in [0, 0.05) is 46.6 Å². The molecule has 0 amide bonds. The smallest absolute Gasteiger partial charge is 0.213 e. The summed E-state index contributed by atoms with van der Waals surface area (Å²) in [6.45, 7) is 4.95. The number of ether oxygens (including phenoxy) is 2. The van der Waals surface area contributed by atoms with E-state index in [0.717, 1.165) is 24.5 Å². The number of guanidine groups is 1. The zero-order valence-electron chi connectivity index (χ0n) is 14.1.